The molecule has 2 aromatic carbocycles. The number of rotatable bonds is 9. The maximum Gasteiger partial charge on any atom is 0.0206 e. The Morgan fingerprint density at radius 3 is 2.42 bits per heavy atom. The van der Waals surface area contributed by atoms with E-state index in [4.69, 9.17) is 11.5 Å². The highest BCUT2D eigenvalue weighted by atomic mass is 15.1. The van der Waals surface area contributed by atoms with Gasteiger partial charge in [0, 0.05) is 45.8 Å². The van der Waals surface area contributed by atoms with Crippen LogP contribution in [0.15, 0.2) is 42.5 Å². The highest BCUT2D eigenvalue weighted by molar-refractivity contribution is 5.76. The second-order valence-electron chi connectivity index (χ2n) is 6.42. The molecule has 1 aliphatic carbocycles. The first kappa shape index (κ1) is 17.1. The summed E-state index contributed by atoms with van der Waals surface area (Å²) in [6.07, 6.45) is 1.06. The van der Waals surface area contributed by atoms with Crippen LogP contribution in [0.25, 0.3) is 11.1 Å². The van der Waals surface area contributed by atoms with Gasteiger partial charge in [-0.1, -0.05) is 42.5 Å². The normalized spacial score (nSPS) is 12.5. The van der Waals surface area contributed by atoms with E-state index < -0.39 is 0 Å². The van der Waals surface area contributed by atoms with Gasteiger partial charge in [0.05, 0.1) is 0 Å². The smallest absolute Gasteiger partial charge is 0.0206 e. The number of fused-ring (bicyclic) bond motifs is 3. The number of nitrogens with one attached hydrogen (secondary N) is 1. The summed E-state index contributed by atoms with van der Waals surface area (Å²) >= 11 is 0. The van der Waals surface area contributed by atoms with Crippen LogP contribution in [-0.4, -0.2) is 44.2 Å². The molecule has 0 heterocycles. The standard InChI is InChI=1S/C20H28N4/c21-7-10-24(11-8-22)12-9-23-15-16-5-6-20-18(13-16)14-17-3-1-2-4-19(17)20/h1-6,13,23H,7-12,14-15,21-22H2. The van der Waals surface area contributed by atoms with Crippen LogP contribution in [0.4, 0.5) is 0 Å². The van der Waals surface area contributed by atoms with Gasteiger partial charge in [-0.25, -0.2) is 0 Å². The molecule has 0 spiro atoms. The molecular formula is C20H28N4. The van der Waals surface area contributed by atoms with Gasteiger partial charge in [-0.15, -0.1) is 0 Å². The lowest BCUT2D eigenvalue weighted by molar-refractivity contribution is 0.287. The average molecular weight is 324 g/mol. The number of benzene rings is 2. The van der Waals surface area contributed by atoms with Gasteiger partial charge in [0.15, 0.2) is 0 Å². The van der Waals surface area contributed by atoms with E-state index in [1.54, 1.807) is 0 Å². The van der Waals surface area contributed by atoms with Crippen LogP contribution >= 0.6 is 0 Å². The Bertz CT molecular complexity index is 662. The Morgan fingerprint density at radius 2 is 1.62 bits per heavy atom. The largest absolute Gasteiger partial charge is 0.329 e. The van der Waals surface area contributed by atoms with Crippen molar-refractivity contribution in [2.45, 2.75) is 13.0 Å². The van der Waals surface area contributed by atoms with Crippen LogP contribution in [0.1, 0.15) is 16.7 Å². The van der Waals surface area contributed by atoms with Crippen LogP contribution in [0.3, 0.4) is 0 Å². The summed E-state index contributed by atoms with van der Waals surface area (Å²) < 4.78 is 0. The molecule has 0 aliphatic heterocycles. The van der Waals surface area contributed by atoms with Crippen LogP contribution in [0, 0.1) is 0 Å². The molecule has 3 rings (SSSR count). The fourth-order valence-corrected chi connectivity index (χ4v) is 3.48. The molecule has 0 radical (unpaired) electrons. The van der Waals surface area contributed by atoms with Gasteiger partial charge >= 0.3 is 0 Å². The predicted molar refractivity (Wildman–Crippen MR) is 101 cm³/mol. The van der Waals surface area contributed by atoms with E-state index >= 15 is 0 Å². The topological polar surface area (TPSA) is 67.3 Å². The molecule has 0 saturated carbocycles. The lowest BCUT2D eigenvalue weighted by Crippen LogP contribution is -2.38. The minimum absolute atomic E-state index is 0.686. The third-order valence-electron chi connectivity index (χ3n) is 4.68. The minimum atomic E-state index is 0.686. The number of hydrogen-bond donors (Lipinski definition) is 3. The summed E-state index contributed by atoms with van der Waals surface area (Å²) in [4.78, 5) is 2.31. The Labute approximate surface area is 144 Å². The molecule has 4 heteroatoms. The molecule has 1 aliphatic rings. The number of nitrogens with zero attached hydrogens (tertiary/aromatic N) is 1. The van der Waals surface area contributed by atoms with Gasteiger partial charge in [-0.05, 0) is 34.2 Å². The molecule has 2 aromatic rings. The van der Waals surface area contributed by atoms with Crippen LogP contribution in [0.2, 0.25) is 0 Å². The molecular weight excluding hydrogens is 296 g/mol. The van der Waals surface area contributed by atoms with Crippen LogP contribution in [0.5, 0.6) is 0 Å². The average Bonchev–Trinajstić information content (AvgIpc) is 2.96. The van der Waals surface area contributed by atoms with E-state index in [9.17, 15) is 0 Å². The molecule has 0 fully saturated rings. The summed E-state index contributed by atoms with van der Waals surface area (Å²) in [5.74, 6) is 0. The van der Waals surface area contributed by atoms with Crippen molar-refractivity contribution in [1.82, 2.24) is 10.2 Å². The lowest BCUT2D eigenvalue weighted by Gasteiger charge is -2.20. The Morgan fingerprint density at radius 1 is 0.875 bits per heavy atom. The molecule has 5 N–H and O–H groups in total. The third-order valence-corrected chi connectivity index (χ3v) is 4.68. The second-order valence-corrected chi connectivity index (χ2v) is 6.42. The van der Waals surface area contributed by atoms with Crippen LogP contribution < -0.4 is 16.8 Å². The van der Waals surface area contributed by atoms with E-state index in [1.165, 1.54) is 27.8 Å². The van der Waals surface area contributed by atoms with E-state index in [2.05, 4.69) is 52.7 Å². The van der Waals surface area contributed by atoms with Gasteiger partial charge in [0.25, 0.3) is 0 Å². The Balaban J connectivity index is 1.52. The molecule has 0 amide bonds. The predicted octanol–water partition coefficient (Wildman–Crippen LogP) is 1.57. The van der Waals surface area contributed by atoms with Crippen molar-refractivity contribution in [2.75, 3.05) is 39.3 Å². The molecule has 0 saturated heterocycles. The van der Waals surface area contributed by atoms with E-state index in [1.807, 2.05) is 0 Å². The zero-order valence-corrected chi connectivity index (χ0v) is 14.3. The molecule has 128 valence electrons. The summed E-state index contributed by atoms with van der Waals surface area (Å²) in [7, 11) is 0. The first-order valence-electron chi connectivity index (χ1n) is 8.85. The summed E-state index contributed by atoms with van der Waals surface area (Å²) in [6.45, 7) is 6.05. The van der Waals surface area contributed by atoms with Crippen molar-refractivity contribution >= 4 is 0 Å². The highest BCUT2D eigenvalue weighted by Gasteiger charge is 2.17. The van der Waals surface area contributed by atoms with Gasteiger partial charge in [0.1, 0.15) is 0 Å². The zero-order valence-electron chi connectivity index (χ0n) is 14.3. The quantitative estimate of drug-likeness (QED) is 0.523. The van der Waals surface area contributed by atoms with Gasteiger partial charge in [0.2, 0.25) is 0 Å². The maximum absolute atomic E-state index is 5.64. The van der Waals surface area contributed by atoms with Crippen molar-refractivity contribution in [3.8, 4) is 11.1 Å². The number of hydrogen-bond acceptors (Lipinski definition) is 4. The molecule has 0 atom stereocenters. The van der Waals surface area contributed by atoms with Crippen molar-refractivity contribution in [2.24, 2.45) is 11.5 Å². The first-order valence-corrected chi connectivity index (χ1v) is 8.85. The summed E-state index contributed by atoms with van der Waals surface area (Å²) in [5.41, 5.74) is 18.3. The summed E-state index contributed by atoms with van der Waals surface area (Å²) in [6, 6.07) is 15.6. The van der Waals surface area contributed by atoms with Gasteiger partial charge < -0.3 is 16.8 Å². The number of nitrogens with two attached hydrogens (primary N) is 2. The van der Waals surface area contributed by atoms with E-state index in [0.717, 1.165) is 39.1 Å². The molecule has 24 heavy (non-hydrogen) atoms. The SMILES string of the molecule is NCCN(CCN)CCNCc1ccc2c(c1)Cc1ccccc1-2. The maximum atomic E-state index is 5.64. The third kappa shape index (κ3) is 4.02. The molecule has 4 nitrogen and oxygen atoms in total. The zero-order chi connectivity index (χ0) is 16.8. The first-order chi connectivity index (χ1) is 11.8. The van der Waals surface area contributed by atoms with Crippen molar-refractivity contribution in [3.63, 3.8) is 0 Å². The van der Waals surface area contributed by atoms with Crippen LogP contribution in [-0.2, 0) is 13.0 Å². The monoisotopic (exact) mass is 324 g/mol. The highest BCUT2D eigenvalue weighted by Crippen LogP contribution is 2.36. The molecule has 0 unspecified atom stereocenters. The molecule has 0 aromatic heterocycles. The fourth-order valence-electron chi connectivity index (χ4n) is 3.48. The summed E-state index contributed by atoms with van der Waals surface area (Å²) in [5, 5.41) is 3.54. The molecule has 0 bridgehead atoms. The van der Waals surface area contributed by atoms with Gasteiger partial charge in [-0.2, -0.15) is 0 Å². The Hall–Kier alpha value is -1.72. The fraction of sp³-hybridized carbons (Fsp3) is 0.400. The minimum Gasteiger partial charge on any atom is -0.329 e. The van der Waals surface area contributed by atoms with Gasteiger partial charge in [-0.3, -0.25) is 4.90 Å². The van der Waals surface area contributed by atoms with Crippen molar-refractivity contribution < 1.29 is 0 Å². The Kier molecular flexibility index (Phi) is 5.99. The van der Waals surface area contributed by atoms with E-state index in [0.29, 0.717) is 13.1 Å². The van der Waals surface area contributed by atoms with E-state index in [-0.39, 0.29) is 0 Å². The van der Waals surface area contributed by atoms with Crippen molar-refractivity contribution in [3.05, 3.63) is 59.2 Å². The second kappa shape index (κ2) is 8.40. The van der Waals surface area contributed by atoms with Crippen molar-refractivity contribution in [1.29, 1.82) is 0 Å². The lowest BCUT2D eigenvalue weighted by atomic mass is 10.0.